The Kier molecular flexibility index (Phi) is 6.78. The minimum absolute atomic E-state index is 0.0297. The van der Waals surface area contributed by atoms with Crippen LogP contribution >= 0.6 is 0 Å². The number of likely N-dealkylation sites (tertiary alicyclic amines) is 1. The summed E-state index contributed by atoms with van der Waals surface area (Å²) in [6.07, 6.45) is -1.66. The van der Waals surface area contributed by atoms with E-state index in [0.717, 1.165) is 22.3 Å². The number of carbonyl (C=O) groups is 3. The van der Waals surface area contributed by atoms with Crippen LogP contribution < -0.4 is 5.32 Å². The highest BCUT2D eigenvalue weighted by Gasteiger charge is 2.51. The van der Waals surface area contributed by atoms with Crippen LogP contribution in [-0.4, -0.2) is 59.1 Å². The smallest absolute Gasteiger partial charge is 0.407 e. The van der Waals surface area contributed by atoms with Gasteiger partial charge in [0.25, 0.3) is 5.92 Å². The standard InChI is InChI=1S/C26H28F2N2O5/c1-15(2)11-21(23(31)30-14-26(27,28)12-22(30)24(32)33)29-25(34)35-13-20-18-9-5-3-7-16(18)17-8-4-6-10-19(17)20/h3-10,15,20-22H,11-14H2,1-2H3,(H,29,34)(H,32,33)/t21-,22?/m0/s1. The monoisotopic (exact) mass is 486 g/mol. The minimum Gasteiger partial charge on any atom is -0.480 e. The van der Waals surface area contributed by atoms with Crippen molar-refractivity contribution in [2.75, 3.05) is 13.2 Å². The van der Waals surface area contributed by atoms with Gasteiger partial charge in [-0.3, -0.25) is 4.79 Å². The zero-order valence-corrected chi connectivity index (χ0v) is 19.5. The van der Waals surface area contributed by atoms with Crippen LogP contribution in [0.15, 0.2) is 48.5 Å². The molecule has 0 spiro atoms. The average molecular weight is 487 g/mol. The number of carboxylic acid groups (broad SMARTS) is 1. The predicted molar refractivity (Wildman–Crippen MR) is 124 cm³/mol. The van der Waals surface area contributed by atoms with Gasteiger partial charge in [0.2, 0.25) is 5.91 Å². The van der Waals surface area contributed by atoms with Crippen LogP contribution in [-0.2, 0) is 14.3 Å². The summed E-state index contributed by atoms with van der Waals surface area (Å²) in [6.45, 7) is 2.66. The molecule has 2 aromatic carbocycles. The second-order valence-electron chi connectivity index (χ2n) is 9.53. The van der Waals surface area contributed by atoms with E-state index < -0.39 is 48.9 Å². The molecule has 7 nitrogen and oxygen atoms in total. The first-order valence-electron chi connectivity index (χ1n) is 11.6. The van der Waals surface area contributed by atoms with Crippen molar-refractivity contribution in [2.24, 2.45) is 5.92 Å². The van der Waals surface area contributed by atoms with Gasteiger partial charge in [-0.25, -0.2) is 18.4 Å². The molecule has 0 aromatic heterocycles. The number of alkyl carbamates (subject to hydrolysis) is 1. The number of alkyl halides is 2. The zero-order chi connectivity index (χ0) is 25.3. The van der Waals surface area contributed by atoms with E-state index in [9.17, 15) is 28.3 Å². The van der Waals surface area contributed by atoms with Crippen molar-refractivity contribution in [3.63, 3.8) is 0 Å². The van der Waals surface area contributed by atoms with E-state index in [4.69, 9.17) is 4.74 Å². The van der Waals surface area contributed by atoms with Gasteiger partial charge in [0.05, 0.1) is 6.54 Å². The number of nitrogens with zero attached hydrogens (tertiary/aromatic N) is 1. The van der Waals surface area contributed by atoms with Crippen molar-refractivity contribution in [3.8, 4) is 11.1 Å². The number of amides is 2. The fourth-order valence-corrected chi connectivity index (χ4v) is 4.94. The van der Waals surface area contributed by atoms with Crippen LogP contribution in [0.25, 0.3) is 11.1 Å². The van der Waals surface area contributed by atoms with Crippen molar-refractivity contribution < 1.29 is 33.0 Å². The summed E-state index contributed by atoms with van der Waals surface area (Å²) in [6, 6.07) is 12.9. The van der Waals surface area contributed by atoms with E-state index in [1.54, 1.807) is 0 Å². The average Bonchev–Trinajstić information content (AvgIpc) is 3.31. The Bertz CT molecular complexity index is 1090. The molecule has 2 aromatic rings. The fourth-order valence-electron chi connectivity index (χ4n) is 4.94. The Morgan fingerprint density at radius 2 is 1.66 bits per heavy atom. The van der Waals surface area contributed by atoms with Gasteiger partial charge in [0.15, 0.2) is 0 Å². The number of hydrogen-bond acceptors (Lipinski definition) is 4. The molecule has 1 unspecified atom stereocenters. The lowest BCUT2D eigenvalue weighted by Gasteiger charge is -2.27. The molecule has 1 heterocycles. The van der Waals surface area contributed by atoms with Crippen molar-refractivity contribution in [1.29, 1.82) is 0 Å². The molecular formula is C26H28F2N2O5. The molecule has 2 atom stereocenters. The number of aliphatic carboxylic acids is 1. The molecule has 186 valence electrons. The Morgan fingerprint density at radius 1 is 1.09 bits per heavy atom. The van der Waals surface area contributed by atoms with Gasteiger partial charge in [-0.05, 0) is 34.6 Å². The Labute approximate surface area is 202 Å². The number of rotatable bonds is 7. The third-order valence-electron chi connectivity index (χ3n) is 6.48. The molecule has 2 N–H and O–H groups in total. The van der Waals surface area contributed by atoms with Gasteiger partial charge in [0.1, 0.15) is 18.7 Å². The van der Waals surface area contributed by atoms with E-state index in [1.165, 1.54) is 0 Å². The van der Waals surface area contributed by atoms with Crippen molar-refractivity contribution in [2.45, 2.75) is 50.6 Å². The van der Waals surface area contributed by atoms with E-state index in [-0.39, 0.29) is 24.9 Å². The number of hydrogen-bond donors (Lipinski definition) is 2. The molecule has 4 rings (SSSR count). The van der Waals surface area contributed by atoms with E-state index in [1.807, 2.05) is 62.4 Å². The maximum atomic E-state index is 13.9. The normalized spacial score (nSPS) is 19.2. The van der Waals surface area contributed by atoms with Crippen LogP contribution in [0.1, 0.15) is 43.7 Å². The van der Waals surface area contributed by atoms with Crippen LogP contribution in [0.2, 0.25) is 0 Å². The third kappa shape index (κ3) is 5.13. The quantitative estimate of drug-likeness (QED) is 0.610. The molecule has 0 radical (unpaired) electrons. The molecule has 2 aliphatic rings. The Morgan fingerprint density at radius 3 is 2.20 bits per heavy atom. The number of halogens is 2. The third-order valence-corrected chi connectivity index (χ3v) is 6.48. The molecule has 1 aliphatic heterocycles. The Balaban J connectivity index is 1.46. The fraction of sp³-hybridized carbons (Fsp3) is 0.423. The first-order chi connectivity index (χ1) is 16.6. The number of nitrogens with one attached hydrogen (secondary N) is 1. The van der Waals surface area contributed by atoms with Gasteiger partial charge >= 0.3 is 12.1 Å². The number of carbonyl (C=O) groups excluding carboxylic acids is 2. The summed E-state index contributed by atoms with van der Waals surface area (Å²) in [5.74, 6) is -5.90. The molecular weight excluding hydrogens is 458 g/mol. The maximum Gasteiger partial charge on any atom is 0.407 e. The van der Waals surface area contributed by atoms with Crippen molar-refractivity contribution in [3.05, 3.63) is 59.7 Å². The number of ether oxygens (including phenoxy) is 1. The number of carboxylic acids is 1. The molecule has 9 heteroatoms. The number of fused-ring (bicyclic) bond motifs is 3. The van der Waals surface area contributed by atoms with Gasteiger partial charge in [0, 0.05) is 12.3 Å². The van der Waals surface area contributed by atoms with Gasteiger partial charge in [-0.15, -0.1) is 0 Å². The van der Waals surface area contributed by atoms with Crippen molar-refractivity contribution in [1.82, 2.24) is 10.2 Å². The van der Waals surface area contributed by atoms with Gasteiger partial charge in [-0.2, -0.15) is 0 Å². The first kappa shape index (κ1) is 24.6. The summed E-state index contributed by atoms with van der Waals surface area (Å²) in [5, 5.41) is 11.8. The van der Waals surface area contributed by atoms with Crippen LogP contribution in [0.3, 0.4) is 0 Å². The van der Waals surface area contributed by atoms with Crippen LogP contribution in [0, 0.1) is 5.92 Å². The SMILES string of the molecule is CC(C)C[C@H](NC(=O)OCC1c2ccccc2-c2ccccc21)C(=O)N1CC(F)(F)CC1C(=O)O. The number of benzene rings is 2. The predicted octanol–water partition coefficient (Wildman–Crippen LogP) is 4.26. The van der Waals surface area contributed by atoms with E-state index in [2.05, 4.69) is 5.32 Å². The topological polar surface area (TPSA) is 95.9 Å². The summed E-state index contributed by atoms with van der Waals surface area (Å²) < 4.78 is 33.3. The molecule has 0 bridgehead atoms. The zero-order valence-electron chi connectivity index (χ0n) is 19.5. The van der Waals surface area contributed by atoms with E-state index >= 15 is 0 Å². The maximum absolute atomic E-state index is 13.9. The molecule has 0 saturated carbocycles. The van der Waals surface area contributed by atoms with E-state index in [0.29, 0.717) is 4.90 Å². The second kappa shape index (κ2) is 9.64. The second-order valence-corrected chi connectivity index (χ2v) is 9.53. The lowest BCUT2D eigenvalue weighted by atomic mass is 9.98. The minimum atomic E-state index is -3.30. The van der Waals surface area contributed by atoms with Crippen LogP contribution in [0.4, 0.5) is 13.6 Å². The van der Waals surface area contributed by atoms with Gasteiger partial charge < -0.3 is 20.1 Å². The molecule has 2 amide bonds. The summed E-state index contributed by atoms with van der Waals surface area (Å²) in [5.41, 5.74) is 4.19. The lowest BCUT2D eigenvalue weighted by molar-refractivity contribution is -0.149. The Hall–Kier alpha value is -3.49. The highest BCUT2D eigenvalue weighted by atomic mass is 19.3. The first-order valence-corrected chi connectivity index (χ1v) is 11.6. The molecule has 35 heavy (non-hydrogen) atoms. The molecule has 1 fully saturated rings. The van der Waals surface area contributed by atoms with Crippen LogP contribution in [0.5, 0.6) is 0 Å². The molecule has 1 aliphatic carbocycles. The highest BCUT2D eigenvalue weighted by molar-refractivity contribution is 5.90. The lowest BCUT2D eigenvalue weighted by Crippen LogP contribution is -2.52. The van der Waals surface area contributed by atoms with Gasteiger partial charge in [-0.1, -0.05) is 62.4 Å². The summed E-state index contributed by atoms with van der Waals surface area (Å²) in [4.78, 5) is 37.9. The van der Waals surface area contributed by atoms with Crippen molar-refractivity contribution >= 4 is 18.0 Å². The summed E-state index contributed by atoms with van der Waals surface area (Å²) >= 11 is 0. The highest BCUT2D eigenvalue weighted by Crippen LogP contribution is 2.44. The largest absolute Gasteiger partial charge is 0.480 e. The molecule has 1 saturated heterocycles. The summed E-state index contributed by atoms with van der Waals surface area (Å²) in [7, 11) is 0.